The van der Waals surface area contributed by atoms with Gasteiger partial charge in [-0.1, -0.05) is 6.07 Å². The Labute approximate surface area is 176 Å². The molecule has 1 atom stereocenters. The van der Waals surface area contributed by atoms with Gasteiger partial charge in [-0.2, -0.15) is 13.2 Å². The van der Waals surface area contributed by atoms with Crippen LogP contribution in [-0.2, 0) is 19.1 Å². The zero-order valence-corrected chi connectivity index (χ0v) is 16.8. The van der Waals surface area contributed by atoms with Crippen LogP contribution in [0.5, 0.6) is 0 Å². The summed E-state index contributed by atoms with van der Waals surface area (Å²) in [7, 11) is 0. The number of pyridine rings is 2. The second-order valence-electron chi connectivity index (χ2n) is 7.00. The number of hydrogen-bond acceptors (Lipinski definition) is 3. The fraction of sp³-hybridized carbons (Fsp3) is 0.286. The van der Waals surface area contributed by atoms with Crippen LogP contribution in [0.3, 0.4) is 0 Å². The first-order valence-corrected chi connectivity index (χ1v) is 9.28. The third-order valence-corrected chi connectivity index (χ3v) is 5.26. The Bertz CT molecular complexity index is 1170. The van der Waals surface area contributed by atoms with E-state index < -0.39 is 23.1 Å². The molecule has 1 aromatic carbocycles. The van der Waals surface area contributed by atoms with Gasteiger partial charge in [-0.05, 0) is 49.6 Å². The standard InChI is InChI=1S/C21H18F3N3O2.ClH/c1-2-27-11-15(19(28)14-10-13(21(22,23)24)6-8-17(14)27)20(29)26-16-7-5-12-4-3-9-25-18(12)16;/h3-4,6,8-11,16H,2,5,7H2,1H3,(H,26,29);1H. The maximum atomic E-state index is 13.1. The van der Waals surface area contributed by atoms with Gasteiger partial charge in [0.1, 0.15) is 5.56 Å². The van der Waals surface area contributed by atoms with E-state index in [1.165, 1.54) is 12.3 Å². The molecular formula is C21H19ClF3N3O2. The first-order chi connectivity index (χ1) is 13.8. The fourth-order valence-electron chi connectivity index (χ4n) is 3.79. The van der Waals surface area contributed by atoms with Crippen LogP contribution in [0, 0.1) is 0 Å². The number of nitrogens with zero attached hydrogens (tertiary/aromatic N) is 2. The lowest BCUT2D eigenvalue weighted by atomic mass is 10.1. The third-order valence-electron chi connectivity index (χ3n) is 5.26. The molecule has 0 fully saturated rings. The maximum absolute atomic E-state index is 13.1. The summed E-state index contributed by atoms with van der Waals surface area (Å²) in [5, 5.41) is 2.69. The van der Waals surface area contributed by atoms with Crippen LogP contribution in [0.25, 0.3) is 10.9 Å². The van der Waals surface area contributed by atoms with Crippen molar-refractivity contribution in [3.63, 3.8) is 0 Å². The van der Waals surface area contributed by atoms with E-state index in [9.17, 15) is 22.8 Å². The number of halogens is 4. The van der Waals surface area contributed by atoms with Crippen LogP contribution in [0.2, 0.25) is 0 Å². The summed E-state index contributed by atoms with van der Waals surface area (Å²) in [6, 6.07) is 6.45. The van der Waals surface area contributed by atoms with E-state index in [2.05, 4.69) is 10.3 Å². The van der Waals surface area contributed by atoms with E-state index in [0.29, 0.717) is 18.5 Å². The molecule has 0 saturated heterocycles. The van der Waals surface area contributed by atoms with Crippen molar-refractivity contribution in [3.8, 4) is 0 Å². The van der Waals surface area contributed by atoms with E-state index >= 15 is 0 Å². The molecule has 2 heterocycles. The highest BCUT2D eigenvalue weighted by atomic mass is 35.5. The molecular weight excluding hydrogens is 419 g/mol. The molecule has 158 valence electrons. The zero-order chi connectivity index (χ0) is 20.8. The minimum atomic E-state index is -4.57. The van der Waals surface area contributed by atoms with Gasteiger partial charge in [0, 0.05) is 24.3 Å². The number of aromatic nitrogens is 2. The highest BCUT2D eigenvalue weighted by Gasteiger charge is 2.31. The molecule has 1 aliphatic carbocycles. The minimum absolute atomic E-state index is 0. The number of aryl methyl sites for hydroxylation is 2. The molecule has 0 bridgehead atoms. The van der Waals surface area contributed by atoms with Crippen LogP contribution in [0.1, 0.15) is 46.6 Å². The van der Waals surface area contributed by atoms with Crippen molar-refractivity contribution in [1.82, 2.24) is 14.9 Å². The molecule has 1 unspecified atom stereocenters. The number of carbonyl (C=O) groups is 1. The Hall–Kier alpha value is -2.87. The van der Waals surface area contributed by atoms with Crippen molar-refractivity contribution < 1.29 is 18.0 Å². The Morgan fingerprint density at radius 2 is 2.07 bits per heavy atom. The second kappa shape index (κ2) is 8.10. The van der Waals surface area contributed by atoms with Gasteiger partial charge in [0.15, 0.2) is 0 Å². The summed E-state index contributed by atoms with van der Waals surface area (Å²) in [4.78, 5) is 30.0. The molecule has 0 spiro atoms. The molecule has 30 heavy (non-hydrogen) atoms. The smallest absolute Gasteiger partial charge is 0.347 e. The molecule has 9 heteroatoms. The lowest BCUT2D eigenvalue weighted by molar-refractivity contribution is -0.137. The van der Waals surface area contributed by atoms with Crippen molar-refractivity contribution in [2.24, 2.45) is 0 Å². The van der Waals surface area contributed by atoms with Crippen LogP contribution < -0.4 is 10.7 Å². The summed E-state index contributed by atoms with van der Waals surface area (Å²) in [5.41, 5.74) is 0.343. The van der Waals surface area contributed by atoms with E-state index in [4.69, 9.17) is 0 Å². The highest BCUT2D eigenvalue weighted by molar-refractivity contribution is 5.97. The molecule has 1 amide bonds. The fourth-order valence-corrected chi connectivity index (χ4v) is 3.79. The van der Waals surface area contributed by atoms with Crippen LogP contribution in [0.4, 0.5) is 13.2 Å². The topological polar surface area (TPSA) is 64.0 Å². The third kappa shape index (κ3) is 3.79. The number of alkyl halides is 3. The van der Waals surface area contributed by atoms with Crippen molar-refractivity contribution in [3.05, 3.63) is 75.3 Å². The Kier molecular flexibility index (Phi) is 5.90. The molecule has 0 aliphatic heterocycles. The van der Waals surface area contributed by atoms with Crippen LogP contribution >= 0.6 is 12.4 Å². The van der Waals surface area contributed by atoms with Gasteiger partial charge in [0.2, 0.25) is 5.43 Å². The number of fused-ring (bicyclic) bond motifs is 2. The molecule has 2 aromatic heterocycles. The summed E-state index contributed by atoms with van der Waals surface area (Å²) in [6.07, 6.45) is -0.107. The first kappa shape index (κ1) is 21.8. The van der Waals surface area contributed by atoms with Crippen LogP contribution in [0.15, 0.2) is 47.5 Å². The Balaban J connectivity index is 0.00000256. The summed E-state index contributed by atoms with van der Waals surface area (Å²) >= 11 is 0. The van der Waals surface area contributed by atoms with Gasteiger partial charge >= 0.3 is 6.18 Å². The molecule has 0 saturated carbocycles. The summed E-state index contributed by atoms with van der Waals surface area (Å²) in [5.74, 6) is -0.611. The molecule has 5 nitrogen and oxygen atoms in total. The molecule has 4 rings (SSSR count). The van der Waals surface area contributed by atoms with E-state index in [1.807, 2.05) is 12.1 Å². The average Bonchev–Trinajstić information content (AvgIpc) is 3.10. The normalized spacial score (nSPS) is 15.5. The van der Waals surface area contributed by atoms with Gasteiger partial charge in [0.25, 0.3) is 5.91 Å². The first-order valence-electron chi connectivity index (χ1n) is 9.28. The number of carbonyl (C=O) groups excluding carboxylic acids is 1. The van der Waals surface area contributed by atoms with Gasteiger partial charge in [-0.15, -0.1) is 12.4 Å². The highest BCUT2D eigenvalue weighted by Crippen LogP contribution is 2.31. The van der Waals surface area contributed by atoms with Crippen molar-refractivity contribution in [2.75, 3.05) is 0 Å². The monoisotopic (exact) mass is 437 g/mol. The van der Waals surface area contributed by atoms with Gasteiger partial charge in [0.05, 0.1) is 22.8 Å². The second-order valence-corrected chi connectivity index (χ2v) is 7.00. The number of hydrogen-bond donors (Lipinski definition) is 1. The average molecular weight is 438 g/mol. The minimum Gasteiger partial charge on any atom is -0.347 e. The molecule has 3 aromatic rings. The Morgan fingerprint density at radius 3 is 2.77 bits per heavy atom. The summed E-state index contributed by atoms with van der Waals surface area (Å²) in [6.45, 7) is 2.19. The number of nitrogens with one attached hydrogen (secondary N) is 1. The van der Waals surface area contributed by atoms with Crippen molar-refractivity contribution in [2.45, 2.75) is 38.5 Å². The number of amides is 1. The predicted molar refractivity (Wildman–Crippen MR) is 109 cm³/mol. The molecule has 1 aliphatic rings. The number of benzene rings is 1. The van der Waals surface area contributed by atoms with E-state index in [-0.39, 0.29) is 29.4 Å². The van der Waals surface area contributed by atoms with Gasteiger partial charge in [-0.25, -0.2) is 0 Å². The summed E-state index contributed by atoms with van der Waals surface area (Å²) < 4.78 is 40.9. The van der Waals surface area contributed by atoms with E-state index in [0.717, 1.165) is 29.8 Å². The lowest BCUT2D eigenvalue weighted by Gasteiger charge is -2.16. The zero-order valence-electron chi connectivity index (χ0n) is 16.0. The van der Waals surface area contributed by atoms with Crippen molar-refractivity contribution in [1.29, 1.82) is 0 Å². The van der Waals surface area contributed by atoms with Gasteiger partial charge < -0.3 is 9.88 Å². The lowest BCUT2D eigenvalue weighted by Crippen LogP contribution is -2.32. The van der Waals surface area contributed by atoms with Gasteiger partial charge in [-0.3, -0.25) is 14.6 Å². The SMILES string of the molecule is CCn1cc(C(=O)NC2CCc3cccnc32)c(=O)c2cc(C(F)(F)F)ccc21.Cl. The molecule has 0 radical (unpaired) electrons. The predicted octanol–water partition coefficient (Wildman–Crippen LogP) is 4.27. The quantitative estimate of drug-likeness (QED) is 0.665. The van der Waals surface area contributed by atoms with E-state index in [1.54, 1.807) is 17.7 Å². The van der Waals surface area contributed by atoms with Crippen LogP contribution in [-0.4, -0.2) is 15.5 Å². The maximum Gasteiger partial charge on any atom is 0.416 e. The molecule has 1 N–H and O–H groups in total. The Morgan fingerprint density at radius 1 is 1.30 bits per heavy atom. The largest absolute Gasteiger partial charge is 0.416 e. The number of rotatable bonds is 3. The van der Waals surface area contributed by atoms with Crippen molar-refractivity contribution >= 4 is 29.2 Å².